The molecule has 0 unspecified atom stereocenters. The van der Waals surface area contributed by atoms with Crippen molar-refractivity contribution in [2.75, 3.05) is 11.1 Å². The van der Waals surface area contributed by atoms with Crippen LogP contribution in [-0.4, -0.2) is 21.9 Å². The van der Waals surface area contributed by atoms with Crippen molar-refractivity contribution in [2.24, 2.45) is 0 Å². The highest BCUT2D eigenvalue weighted by atomic mass is 79.9. The maximum Gasteiger partial charge on any atom is 0.277 e. The largest absolute Gasteiger partial charge is 0.411 e. The second-order valence-corrected chi connectivity index (χ2v) is 8.89. The van der Waals surface area contributed by atoms with Crippen LogP contribution in [0.25, 0.3) is 11.5 Å². The van der Waals surface area contributed by atoms with Gasteiger partial charge in [0.1, 0.15) is 0 Å². The number of nitrogens with zero attached hydrogens (tertiary/aromatic N) is 2. The third kappa shape index (κ3) is 5.43. The third-order valence-corrected chi connectivity index (χ3v) is 5.21. The number of hydrogen-bond donors (Lipinski definition) is 1. The van der Waals surface area contributed by atoms with E-state index in [-0.39, 0.29) is 17.1 Å². The minimum absolute atomic E-state index is 0.0862. The number of amides is 1. The molecule has 0 bridgehead atoms. The molecule has 2 aromatic carbocycles. The van der Waals surface area contributed by atoms with Crippen molar-refractivity contribution >= 4 is 39.3 Å². The second kappa shape index (κ2) is 8.27. The Morgan fingerprint density at radius 1 is 1.07 bits per heavy atom. The molecular formula is C20H20BrN3O2S. The lowest BCUT2D eigenvalue weighted by molar-refractivity contribution is -0.113. The van der Waals surface area contributed by atoms with Gasteiger partial charge in [-0.2, -0.15) is 0 Å². The predicted octanol–water partition coefficient (Wildman–Crippen LogP) is 5.53. The van der Waals surface area contributed by atoms with Crippen LogP contribution in [0.2, 0.25) is 0 Å². The van der Waals surface area contributed by atoms with Crippen molar-refractivity contribution in [1.29, 1.82) is 0 Å². The summed E-state index contributed by atoms with van der Waals surface area (Å²) in [4.78, 5) is 12.2. The normalized spacial score (nSPS) is 11.4. The lowest BCUT2D eigenvalue weighted by atomic mass is 9.87. The zero-order chi connectivity index (χ0) is 19.4. The number of halogens is 1. The molecule has 1 aromatic heterocycles. The summed E-state index contributed by atoms with van der Waals surface area (Å²) >= 11 is 4.60. The first kappa shape index (κ1) is 19.6. The van der Waals surface area contributed by atoms with Crippen LogP contribution in [0.3, 0.4) is 0 Å². The molecule has 1 amide bonds. The molecule has 0 aliphatic carbocycles. The van der Waals surface area contributed by atoms with E-state index in [9.17, 15) is 4.79 Å². The van der Waals surface area contributed by atoms with Crippen LogP contribution in [0, 0.1) is 0 Å². The molecule has 0 saturated heterocycles. The number of rotatable bonds is 5. The van der Waals surface area contributed by atoms with Gasteiger partial charge in [0.15, 0.2) is 0 Å². The Morgan fingerprint density at radius 3 is 2.37 bits per heavy atom. The van der Waals surface area contributed by atoms with Crippen molar-refractivity contribution in [3.05, 3.63) is 58.6 Å². The number of aromatic nitrogens is 2. The molecule has 0 saturated carbocycles. The fourth-order valence-corrected chi connectivity index (χ4v) is 3.18. The molecule has 1 N–H and O–H groups in total. The van der Waals surface area contributed by atoms with Crippen LogP contribution >= 0.6 is 27.7 Å². The molecule has 0 aliphatic heterocycles. The standard InChI is InChI=1S/C20H20BrN3O2S/c1-20(2,3)14-6-10-16(11-7-14)22-17(25)12-27-19-24-23-18(26-19)13-4-8-15(21)9-5-13/h4-11H,12H2,1-3H3,(H,22,25). The van der Waals surface area contributed by atoms with Gasteiger partial charge < -0.3 is 9.73 Å². The van der Waals surface area contributed by atoms with Gasteiger partial charge in [0.2, 0.25) is 11.8 Å². The summed E-state index contributed by atoms with van der Waals surface area (Å²) in [6, 6.07) is 15.5. The van der Waals surface area contributed by atoms with Crippen molar-refractivity contribution in [1.82, 2.24) is 10.2 Å². The number of anilines is 1. The first-order valence-electron chi connectivity index (χ1n) is 8.44. The van der Waals surface area contributed by atoms with E-state index in [0.717, 1.165) is 15.7 Å². The Kier molecular flexibility index (Phi) is 6.01. The Balaban J connectivity index is 1.54. The van der Waals surface area contributed by atoms with Crippen LogP contribution in [0.15, 0.2) is 62.6 Å². The van der Waals surface area contributed by atoms with Crippen LogP contribution in [-0.2, 0) is 10.2 Å². The van der Waals surface area contributed by atoms with Gasteiger partial charge in [0.25, 0.3) is 5.22 Å². The van der Waals surface area contributed by atoms with Gasteiger partial charge in [-0.25, -0.2) is 0 Å². The van der Waals surface area contributed by atoms with E-state index in [0.29, 0.717) is 11.1 Å². The van der Waals surface area contributed by atoms with Gasteiger partial charge in [0, 0.05) is 15.7 Å². The van der Waals surface area contributed by atoms with Gasteiger partial charge in [-0.3, -0.25) is 4.79 Å². The van der Waals surface area contributed by atoms with E-state index >= 15 is 0 Å². The van der Waals surface area contributed by atoms with Gasteiger partial charge in [0.05, 0.1) is 5.75 Å². The van der Waals surface area contributed by atoms with Crippen molar-refractivity contribution in [3.8, 4) is 11.5 Å². The van der Waals surface area contributed by atoms with Crippen molar-refractivity contribution < 1.29 is 9.21 Å². The summed E-state index contributed by atoms with van der Waals surface area (Å²) in [6.45, 7) is 6.47. The Morgan fingerprint density at radius 2 is 1.74 bits per heavy atom. The molecule has 1 heterocycles. The van der Waals surface area contributed by atoms with Gasteiger partial charge in [-0.05, 0) is 47.4 Å². The summed E-state index contributed by atoms with van der Waals surface area (Å²) in [5.41, 5.74) is 2.92. The Hall–Kier alpha value is -2.12. The second-order valence-electron chi connectivity index (χ2n) is 7.04. The molecule has 3 rings (SSSR count). The van der Waals surface area contributed by atoms with Crippen molar-refractivity contribution in [3.63, 3.8) is 0 Å². The summed E-state index contributed by atoms with van der Waals surface area (Å²) in [5, 5.41) is 11.3. The number of thioether (sulfide) groups is 1. The number of nitrogens with one attached hydrogen (secondary N) is 1. The van der Waals surface area contributed by atoms with Crippen LogP contribution in [0.5, 0.6) is 0 Å². The lowest BCUT2D eigenvalue weighted by Crippen LogP contribution is -2.15. The zero-order valence-corrected chi connectivity index (χ0v) is 17.7. The van der Waals surface area contributed by atoms with Crippen LogP contribution < -0.4 is 5.32 Å². The molecule has 0 aliphatic rings. The minimum atomic E-state index is -0.119. The van der Waals surface area contributed by atoms with Gasteiger partial charge >= 0.3 is 0 Å². The molecule has 0 fully saturated rings. The van der Waals surface area contributed by atoms with Crippen LogP contribution in [0.1, 0.15) is 26.3 Å². The van der Waals surface area contributed by atoms with E-state index in [2.05, 4.69) is 52.2 Å². The summed E-state index contributed by atoms with van der Waals surface area (Å²) in [6.07, 6.45) is 0. The molecule has 7 heteroatoms. The van der Waals surface area contributed by atoms with Crippen LogP contribution in [0.4, 0.5) is 5.69 Å². The van der Waals surface area contributed by atoms with E-state index < -0.39 is 0 Å². The first-order chi connectivity index (χ1) is 12.8. The highest BCUT2D eigenvalue weighted by Crippen LogP contribution is 2.25. The van der Waals surface area contributed by atoms with E-state index in [4.69, 9.17) is 4.42 Å². The average molecular weight is 446 g/mol. The fourth-order valence-electron chi connectivity index (χ4n) is 2.36. The molecular weight excluding hydrogens is 426 g/mol. The fraction of sp³-hybridized carbons (Fsp3) is 0.250. The molecule has 5 nitrogen and oxygen atoms in total. The van der Waals surface area contributed by atoms with Gasteiger partial charge in [-0.15, -0.1) is 10.2 Å². The maximum absolute atomic E-state index is 12.2. The Bertz CT molecular complexity index is 916. The van der Waals surface area contributed by atoms with E-state index in [1.54, 1.807) is 0 Å². The average Bonchev–Trinajstić information content (AvgIpc) is 3.09. The molecule has 0 spiro atoms. The molecule has 140 valence electrons. The number of hydrogen-bond acceptors (Lipinski definition) is 5. The zero-order valence-electron chi connectivity index (χ0n) is 15.3. The number of benzene rings is 2. The first-order valence-corrected chi connectivity index (χ1v) is 10.2. The van der Waals surface area contributed by atoms with Gasteiger partial charge in [-0.1, -0.05) is 60.6 Å². The highest BCUT2D eigenvalue weighted by Gasteiger charge is 2.14. The lowest BCUT2D eigenvalue weighted by Gasteiger charge is -2.19. The topological polar surface area (TPSA) is 68.0 Å². The SMILES string of the molecule is CC(C)(C)c1ccc(NC(=O)CSc2nnc(-c3ccc(Br)cc3)o2)cc1. The maximum atomic E-state index is 12.2. The minimum Gasteiger partial charge on any atom is -0.411 e. The Labute approximate surface area is 171 Å². The molecule has 0 radical (unpaired) electrons. The monoisotopic (exact) mass is 445 g/mol. The third-order valence-electron chi connectivity index (χ3n) is 3.86. The van der Waals surface area contributed by atoms with E-state index in [1.807, 2.05) is 48.5 Å². The summed E-state index contributed by atoms with van der Waals surface area (Å²) < 4.78 is 6.59. The molecule has 3 aromatic rings. The predicted molar refractivity (Wildman–Crippen MR) is 112 cm³/mol. The van der Waals surface area contributed by atoms with Crippen molar-refractivity contribution in [2.45, 2.75) is 31.4 Å². The van der Waals surface area contributed by atoms with E-state index in [1.165, 1.54) is 17.3 Å². The number of carbonyl (C=O) groups is 1. The summed E-state index contributed by atoms with van der Waals surface area (Å²) in [7, 11) is 0. The number of carbonyl (C=O) groups excluding carboxylic acids is 1. The summed E-state index contributed by atoms with van der Waals surface area (Å²) in [5.74, 6) is 0.512. The quantitative estimate of drug-likeness (QED) is 0.522. The molecule has 27 heavy (non-hydrogen) atoms. The highest BCUT2D eigenvalue weighted by molar-refractivity contribution is 9.10. The molecule has 0 atom stereocenters. The smallest absolute Gasteiger partial charge is 0.277 e.